The molecule has 0 atom stereocenters. The molecule has 2 amide bonds. The second kappa shape index (κ2) is 9.27. The number of hydrogen-bond acceptors (Lipinski definition) is 7. The number of nitrogens with zero attached hydrogens (tertiary/aromatic N) is 3. The van der Waals surface area contributed by atoms with Gasteiger partial charge >= 0.3 is 0 Å². The SMILES string of the molecule is Cc1noc(C)c1COc1ccc(C(=O)NNC(=O)c2nn(-c3ccccc3)cc2O)cc1. The number of aryl methyl sites for hydroxylation is 2. The molecule has 0 bridgehead atoms. The number of carbonyl (C=O) groups excluding carboxylic acids is 2. The molecule has 0 spiro atoms. The third-order valence-corrected chi connectivity index (χ3v) is 4.90. The number of amides is 2. The molecule has 0 radical (unpaired) electrons. The van der Waals surface area contributed by atoms with E-state index in [-0.39, 0.29) is 11.4 Å². The zero-order chi connectivity index (χ0) is 23.4. The Labute approximate surface area is 188 Å². The third kappa shape index (κ3) is 4.85. The highest BCUT2D eigenvalue weighted by Crippen LogP contribution is 2.19. The fourth-order valence-corrected chi connectivity index (χ4v) is 3.05. The predicted octanol–water partition coefficient (Wildman–Crippen LogP) is 2.84. The number of para-hydroxylation sites is 1. The summed E-state index contributed by atoms with van der Waals surface area (Å²) in [6.07, 6.45) is 1.31. The Morgan fingerprint density at radius 1 is 1.03 bits per heavy atom. The molecule has 10 nitrogen and oxygen atoms in total. The van der Waals surface area contributed by atoms with Gasteiger partial charge in [0.1, 0.15) is 18.1 Å². The van der Waals surface area contributed by atoms with Crippen molar-refractivity contribution in [1.29, 1.82) is 0 Å². The maximum Gasteiger partial charge on any atom is 0.294 e. The van der Waals surface area contributed by atoms with Crippen LogP contribution in [0.2, 0.25) is 0 Å². The van der Waals surface area contributed by atoms with Gasteiger partial charge in [0.25, 0.3) is 11.8 Å². The fourth-order valence-electron chi connectivity index (χ4n) is 3.05. The van der Waals surface area contributed by atoms with Crippen LogP contribution >= 0.6 is 0 Å². The van der Waals surface area contributed by atoms with E-state index in [1.807, 2.05) is 19.9 Å². The summed E-state index contributed by atoms with van der Waals surface area (Å²) < 4.78 is 12.2. The van der Waals surface area contributed by atoms with Crippen LogP contribution < -0.4 is 15.6 Å². The fraction of sp³-hybridized carbons (Fsp3) is 0.130. The van der Waals surface area contributed by atoms with Gasteiger partial charge in [-0.05, 0) is 50.2 Å². The van der Waals surface area contributed by atoms with Crippen LogP contribution in [0, 0.1) is 13.8 Å². The van der Waals surface area contributed by atoms with Crippen LogP contribution in [0.1, 0.15) is 37.9 Å². The van der Waals surface area contributed by atoms with Crippen LogP contribution in [-0.4, -0.2) is 31.9 Å². The van der Waals surface area contributed by atoms with Crippen LogP contribution in [0.15, 0.2) is 65.3 Å². The van der Waals surface area contributed by atoms with Crippen molar-refractivity contribution < 1.29 is 24.0 Å². The molecule has 10 heteroatoms. The van der Waals surface area contributed by atoms with Crippen molar-refractivity contribution >= 4 is 11.8 Å². The van der Waals surface area contributed by atoms with E-state index in [2.05, 4.69) is 21.1 Å². The smallest absolute Gasteiger partial charge is 0.294 e. The van der Waals surface area contributed by atoms with Crippen LogP contribution in [0.4, 0.5) is 0 Å². The van der Waals surface area contributed by atoms with Gasteiger partial charge in [0, 0.05) is 5.56 Å². The van der Waals surface area contributed by atoms with Crippen molar-refractivity contribution in [3.63, 3.8) is 0 Å². The second-order valence-electron chi connectivity index (χ2n) is 7.17. The van der Waals surface area contributed by atoms with Gasteiger partial charge in [-0.2, -0.15) is 5.10 Å². The monoisotopic (exact) mass is 447 g/mol. The highest BCUT2D eigenvalue weighted by Gasteiger charge is 2.18. The number of nitrogens with one attached hydrogen (secondary N) is 2. The molecule has 168 valence electrons. The molecule has 2 heterocycles. The lowest BCUT2D eigenvalue weighted by Crippen LogP contribution is -2.41. The molecule has 0 saturated heterocycles. The van der Waals surface area contributed by atoms with Gasteiger partial charge in [-0.15, -0.1) is 0 Å². The molecule has 0 aliphatic carbocycles. The lowest BCUT2D eigenvalue weighted by atomic mass is 10.2. The molecule has 0 aliphatic heterocycles. The van der Waals surface area contributed by atoms with E-state index in [4.69, 9.17) is 9.26 Å². The summed E-state index contributed by atoms with van der Waals surface area (Å²) in [7, 11) is 0. The van der Waals surface area contributed by atoms with E-state index < -0.39 is 11.8 Å². The minimum absolute atomic E-state index is 0.220. The molecule has 33 heavy (non-hydrogen) atoms. The third-order valence-electron chi connectivity index (χ3n) is 4.90. The minimum Gasteiger partial charge on any atom is -0.504 e. The minimum atomic E-state index is -0.755. The zero-order valence-electron chi connectivity index (χ0n) is 17.9. The maximum atomic E-state index is 12.4. The van der Waals surface area contributed by atoms with Crippen molar-refractivity contribution in [3.8, 4) is 17.2 Å². The Morgan fingerprint density at radius 3 is 2.39 bits per heavy atom. The van der Waals surface area contributed by atoms with Gasteiger partial charge in [-0.3, -0.25) is 20.4 Å². The normalized spacial score (nSPS) is 10.6. The molecule has 0 saturated carbocycles. The molecular weight excluding hydrogens is 426 g/mol. The van der Waals surface area contributed by atoms with E-state index >= 15 is 0 Å². The molecule has 2 aromatic carbocycles. The number of hydrogen-bond donors (Lipinski definition) is 3. The maximum absolute atomic E-state index is 12.4. The quantitative estimate of drug-likeness (QED) is 0.387. The summed E-state index contributed by atoms with van der Waals surface area (Å²) in [4.78, 5) is 24.7. The number of ether oxygens (including phenoxy) is 1. The van der Waals surface area contributed by atoms with Crippen LogP contribution in [-0.2, 0) is 6.61 Å². The average Bonchev–Trinajstić information content (AvgIpc) is 3.38. The molecule has 3 N–H and O–H groups in total. The van der Waals surface area contributed by atoms with Crippen molar-refractivity contribution in [2.45, 2.75) is 20.5 Å². The highest BCUT2D eigenvalue weighted by molar-refractivity contribution is 5.99. The predicted molar refractivity (Wildman–Crippen MR) is 117 cm³/mol. The van der Waals surface area contributed by atoms with Crippen molar-refractivity contribution in [3.05, 3.63) is 89.1 Å². The Bertz CT molecular complexity index is 1260. The Morgan fingerprint density at radius 2 is 1.73 bits per heavy atom. The van der Waals surface area contributed by atoms with E-state index in [0.717, 1.165) is 11.3 Å². The molecule has 4 rings (SSSR count). The summed E-state index contributed by atoms with van der Waals surface area (Å²) in [6, 6.07) is 15.4. The van der Waals surface area contributed by atoms with Gasteiger partial charge in [-0.1, -0.05) is 23.4 Å². The number of aromatic hydroxyl groups is 1. The first-order valence-corrected chi connectivity index (χ1v) is 10.0. The Kier molecular flexibility index (Phi) is 6.07. The molecule has 4 aromatic rings. The lowest BCUT2D eigenvalue weighted by Gasteiger charge is -2.08. The number of aromatic nitrogens is 3. The molecule has 2 aromatic heterocycles. The summed E-state index contributed by atoms with van der Waals surface area (Å²) in [5.74, 6) is -0.353. The first-order chi connectivity index (χ1) is 15.9. The van der Waals surface area contributed by atoms with E-state index in [0.29, 0.717) is 29.4 Å². The second-order valence-corrected chi connectivity index (χ2v) is 7.17. The van der Waals surface area contributed by atoms with Crippen LogP contribution in [0.25, 0.3) is 5.69 Å². The molecular formula is C23H21N5O5. The number of rotatable bonds is 6. The van der Waals surface area contributed by atoms with Gasteiger partial charge in [0.15, 0.2) is 11.4 Å². The van der Waals surface area contributed by atoms with Crippen molar-refractivity contribution in [2.75, 3.05) is 0 Å². The first-order valence-electron chi connectivity index (χ1n) is 10.0. The van der Waals surface area contributed by atoms with Crippen LogP contribution in [0.5, 0.6) is 11.5 Å². The summed E-state index contributed by atoms with van der Waals surface area (Å²) in [6.45, 7) is 3.94. The average molecular weight is 447 g/mol. The molecule has 0 unspecified atom stereocenters. The van der Waals surface area contributed by atoms with E-state index in [1.54, 1.807) is 48.5 Å². The Balaban J connectivity index is 1.33. The molecule has 0 fully saturated rings. The van der Waals surface area contributed by atoms with E-state index in [1.165, 1.54) is 10.9 Å². The van der Waals surface area contributed by atoms with Crippen molar-refractivity contribution in [1.82, 2.24) is 25.8 Å². The van der Waals surface area contributed by atoms with E-state index in [9.17, 15) is 14.7 Å². The van der Waals surface area contributed by atoms with Gasteiger partial charge < -0.3 is 14.4 Å². The number of benzene rings is 2. The number of hydrazine groups is 1. The number of carbonyl (C=O) groups is 2. The molecule has 0 aliphatic rings. The largest absolute Gasteiger partial charge is 0.504 e. The first kappa shape index (κ1) is 21.6. The zero-order valence-corrected chi connectivity index (χ0v) is 17.9. The Hall–Kier alpha value is -4.60. The van der Waals surface area contributed by atoms with Crippen LogP contribution in [0.3, 0.4) is 0 Å². The summed E-state index contributed by atoms with van der Waals surface area (Å²) in [5.41, 5.74) is 6.95. The van der Waals surface area contributed by atoms with Crippen molar-refractivity contribution in [2.24, 2.45) is 0 Å². The summed E-state index contributed by atoms with van der Waals surface area (Å²) >= 11 is 0. The van der Waals surface area contributed by atoms with Gasteiger partial charge in [-0.25, -0.2) is 4.68 Å². The standard InChI is InChI=1S/C23H21N5O5/c1-14-19(15(2)33-27-14)13-32-18-10-8-16(9-11-18)22(30)24-25-23(31)21-20(29)12-28(26-21)17-6-4-3-5-7-17/h3-12,29H,13H2,1-2H3,(H,24,30)(H,25,31). The lowest BCUT2D eigenvalue weighted by molar-refractivity contribution is 0.0842. The topological polar surface area (TPSA) is 132 Å². The summed E-state index contributed by atoms with van der Waals surface area (Å²) in [5, 5.41) is 18.0. The van der Waals surface area contributed by atoms with Gasteiger partial charge in [0.2, 0.25) is 0 Å². The highest BCUT2D eigenvalue weighted by atomic mass is 16.5. The van der Waals surface area contributed by atoms with Gasteiger partial charge in [0.05, 0.1) is 23.1 Å².